The van der Waals surface area contributed by atoms with E-state index in [9.17, 15) is 15.0 Å². The van der Waals surface area contributed by atoms with Gasteiger partial charge in [0.1, 0.15) is 11.4 Å². The Bertz CT molecular complexity index is 629. The summed E-state index contributed by atoms with van der Waals surface area (Å²) in [6.07, 6.45) is 8.99. The topological polar surface area (TPSA) is 62.5 Å². The maximum atomic E-state index is 11.4. The van der Waals surface area contributed by atoms with Crippen LogP contribution in [0.2, 0.25) is 0 Å². The van der Waals surface area contributed by atoms with Crippen molar-refractivity contribution in [2.45, 2.75) is 52.0 Å². The summed E-state index contributed by atoms with van der Waals surface area (Å²) in [5, 5.41) is 18.7. The van der Waals surface area contributed by atoms with E-state index in [0.29, 0.717) is 5.69 Å². The zero-order valence-corrected chi connectivity index (χ0v) is 13.7. The summed E-state index contributed by atoms with van der Waals surface area (Å²) in [7, 11) is 0. The summed E-state index contributed by atoms with van der Waals surface area (Å²) in [4.78, 5) is 11.4. The van der Waals surface area contributed by atoms with Crippen molar-refractivity contribution in [3.8, 4) is 16.9 Å². The molecule has 4 heteroatoms. The fourth-order valence-electron chi connectivity index (χ4n) is 2.75. The molecule has 0 unspecified atom stereocenters. The number of carboxylic acids is 1. The number of nitrogens with zero attached hydrogens (tertiary/aromatic N) is 1. The van der Waals surface area contributed by atoms with Gasteiger partial charge in [0.2, 0.25) is 0 Å². The molecule has 2 rings (SSSR count). The Labute approximate surface area is 137 Å². The maximum absolute atomic E-state index is 11.4. The van der Waals surface area contributed by atoms with Crippen molar-refractivity contribution in [2.24, 2.45) is 0 Å². The van der Waals surface area contributed by atoms with Gasteiger partial charge < -0.3 is 14.8 Å². The SMILES string of the molecule is CCCCCCCCn1cc(-c2ccc(O)cc2)cc1C(=O)O. The third-order valence-electron chi connectivity index (χ3n) is 4.07. The van der Waals surface area contributed by atoms with Crippen molar-refractivity contribution in [3.63, 3.8) is 0 Å². The zero-order valence-electron chi connectivity index (χ0n) is 13.7. The molecule has 0 atom stereocenters. The first-order valence-electron chi connectivity index (χ1n) is 8.34. The number of carboxylic acid groups (broad SMARTS) is 1. The minimum absolute atomic E-state index is 0.207. The lowest BCUT2D eigenvalue weighted by atomic mass is 10.1. The highest BCUT2D eigenvalue weighted by Gasteiger charge is 2.13. The van der Waals surface area contributed by atoms with Crippen LogP contribution in [-0.2, 0) is 6.54 Å². The standard InChI is InChI=1S/C19H25NO3/c1-2-3-4-5-6-7-12-20-14-16(13-18(20)19(22)23)15-8-10-17(21)11-9-15/h8-11,13-14,21H,2-7,12H2,1H3,(H,22,23). The van der Waals surface area contributed by atoms with E-state index >= 15 is 0 Å². The van der Waals surface area contributed by atoms with Crippen molar-refractivity contribution in [1.29, 1.82) is 0 Å². The zero-order chi connectivity index (χ0) is 16.7. The molecule has 0 saturated heterocycles. The number of phenols is 1. The molecular weight excluding hydrogens is 290 g/mol. The number of aromatic carboxylic acids is 1. The minimum atomic E-state index is -0.902. The van der Waals surface area contributed by atoms with E-state index in [1.807, 2.05) is 10.8 Å². The minimum Gasteiger partial charge on any atom is -0.508 e. The highest BCUT2D eigenvalue weighted by Crippen LogP contribution is 2.25. The highest BCUT2D eigenvalue weighted by atomic mass is 16.4. The molecule has 0 spiro atoms. The molecule has 0 aliphatic rings. The largest absolute Gasteiger partial charge is 0.508 e. The van der Waals surface area contributed by atoms with Crippen molar-refractivity contribution >= 4 is 5.97 Å². The summed E-state index contributed by atoms with van der Waals surface area (Å²) in [5.41, 5.74) is 2.10. The Hall–Kier alpha value is -2.23. The van der Waals surface area contributed by atoms with Crippen LogP contribution in [0.4, 0.5) is 0 Å². The molecule has 0 aliphatic carbocycles. The molecule has 2 N–H and O–H groups in total. The van der Waals surface area contributed by atoms with Gasteiger partial charge in [-0.25, -0.2) is 4.79 Å². The van der Waals surface area contributed by atoms with Crippen LogP contribution >= 0.6 is 0 Å². The van der Waals surface area contributed by atoms with Crippen LogP contribution in [-0.4, -0.2) is 20.7 Å². The van der Waals surface area contributed by atoms with E-state index in [4.69, 9.17) is 0 Å². The third-order valence-corrected chi connectivity index (χ3v) is 4.07. The summed E-state index contributed by atoms with van der Waals surface area (Å²) in [5.74, 6) is -0.695. The molecule has 0 amide bonds. The molecule has 23 heavy (non-hydrogen) atoms. The van der Waals surface area contributed by atoms with Gasteiger partial charge in [0.25, 0.3) is 0 Å². The van der Waals surface area contributed by atoms with E-state index in [0.717, 1.165) is 30.5 Å². The summed E-state index contributed by atoms with van der Waals surface area (Å²) in [6, 6.07) is 8.52. The Kier molecular flexibility index (Phi) is 6.27. The van der Waals surface area contributed by atoms with Gasteiger partial charge in [-0.05, 0) is 30.2 Å². The van der Waals surface area contributed by atoms with Crippen LogP contribution in [0.25, 0.3) is 11.1 Å². The molecule has 1 aromatic carbocycles. The fourth-order valence-corrected chi connectivity index (χ4v) is 2.75. The van der Waals surface area contributed by atoms with Gasteiger partial charge in [0, 0.05) is 18.3 Å². The lowest BCUT2D eigenvalue weighted by Crippen LogP contribution is -2.07. The molecule has 4 nitrogen and oxygen atoms in total. The Morgan fingerprint density at radius 3 is 2.30 bits per heavy atom. The summed E-state index contributed by atoms with van der Waals surface area (Å²) >= 11 is 0. The fraction of sp³-hybridized carbons (Fsp3) is 0.421. The van der Waals surface area contributed by atoms with Gasteiger partial charge in [-0.15, -0.1) is 0 Å². The number of rotatable bonds is 9. The summed E-state index contributed by atoms with van der Waals surface area (Å²) < 4.78 is 1.82. The second-order valence-electron chi connectivity index (χ2n) is 5.93. The molecule has 0 aliphatic heterocycles. The first kappa shape index (κ1) is 17.1. The van der Waals surface area contributed by atoms with E-state index < -0.39 is 5.97 Å². The number of aryl methyl sites for hydroxylation is 1. The quantitative estimate of drug-likeness (QED) is 0.646. The molecule has 0 bridgehead atoms. The smallest absolute Gasteiger partial charge is 0.352 e. The van der Waals surface area contributed by atoms with Crippen LogP contribution in [0.15, 0.2) is 36.5 Å². The first-order valence-corrected chi connectivity index (χ1v) is 8.34. The number of unbranched alkanes of at least 4 members (excludes halogenated alkanes) is 5. The van der Waals surface area contributed by atoms with Crippen LogP contribution in [0.1, 0.15) is 55.9 Å². The molecule has 2 aromatic rings. The third kappa shape index (κ3) is 4.88. The lowest BCUT2D eigenvalue weighted by Gasteiger charge is -2.06. The molecule has 1 aromatic heterocycles. The van der Waals surface area contributed by atoms with Crippen molar-refractivity contribution in [3.05, 3.63) is 42.2 Å². The summed E-state index contributed by atoms with van der Waals surface area (Å²) in [6.45, 7) is 2.93. The first-order chi connectivity index (χ1) is 11.1. The molecule has 0 fully saturated rings. The van der Waals surface area contributed by atoms with E-state index in [2.05, 4.69) is 6.92 Å². The van der Waals surface area contributed by atoms with Crippen molar-refractivity contribution < 1.29 is 15.0 Å². The van der Waals surface area contributed by atoms with E-state index in [1.165, 1.54) is 25.7 Å². The Morgan fingerprint density at radius 1 is 1.00 bits per heavy atom. The van der Waals surface area contributed by atoms with Gasteiger partial charge in [-0.1, -0.05) is 51.2 Å². The number of benzene rings is 1. The van der Waals surface area contributed by atoms with E-state index in [1.54, 1.807) is 30.3 Å². The predicted octanol–water partition coefficient (Wildman–Crippen LogP) is 4.92. The number of hydrogen-bond donors (Lipinski definition) is 2. The van der Waals surface area contributed by atoms with Crippen LogP contribution in [0, 0.1) is 0 Å². The molecular formula is C19H25NO3. The van der Waals surface area contributed by atoms with E-state index in [-0.39, 0.29) is 5.75 Å². The lowest BCUT2D eigenvalue weighted by molar-refractivity contribution is 0.0685. The van der Waals surface area contributed by atoms with Gasteiger partial charge >= 0.3 is 5.97 Å². The monoisotopic (exact) mass is 315 g/mol. The number of phenolic OH excluding ortho intramolecular Hbond substituents is 1. The van der Waals surface area contributed by atoms with Gasteiger partial charge in [0.05, 0.1) is 0 Å². The van der Waals surface area contributed by atoms with Crippen LogP contribution < -0.4 is 0 Å². The van der Waals surface area contributed by atoms with Gasteiger partial charge in [-0.3, -0.25) is 0 Å². The Morgan fingerprint density at radius 2 is 1.65 bits per heavy atom. The second-order valence-corrected chi connectivity index (χ2v) is 5.93. The molecule has 0 saturated carbocycles. The average molecular weight is 315 g/mol. The van der Waals surface area contributed by atoms with Gasteiger partial charge in [-0.2, -0.15) is 0 Å². The number of aromatic nitrogens is 1. The van der Waals surface area contributed by atoms with Crippen LogP contribution in [0.3, 0.4) is 0 Å². The second kappa shape index (κ2) is 8.42. The van der Waals surface area contributed by atoms with Gasteiger partial charge in [0.15, 0.2) is 0 Å². The number of carbonyl (C=O) groups is 1. The number of hydrogen-bond acceptors (Lipinski definition) is 2. The highest BCUT2D eigenvalue weighted by molar-refractivity contribution is 5.88. The molecule has 1 heterocycles. The molecule has 0 radical (unpaired) electrons. The maximum Gasteiger partial charge on any atom is 0.352 e. The van der Waals surface area contributed by atoms with Crippen molar-refractivity contribution in [2.75, 3.05) is 0 Å². The predicted molar refractivity (Wildman–Crippen MR) is 91.9 cm³/mol. The molecule has 124 valence electrons. The van der Waals surface area contributed by atoms with Crippen molar-refractivity contribution in [1.82, 2.24) is 4.57 Å². The van der Waals surface area contributed by atoms with Crippen LogP contribution in [0.5, 0.6) is 5.75 Å². The normalized spacial score (nSPS) is 10.8. The average Bonchev–Trinajstić information content (AvgIpc) is 2.96. The number of aromatic hydroxyl groups is 1. The Balaban J connectivity index is 2.03.